The normalized spacial score (nSPS) is 13.3. The molecule has 0 spiro atoms. The number of aromatic amines is 2. The van der Waals surface area contributed by atoms with Gasteiger partial charge in [-0.05, 0) is 82.9 Å². The number of carbonyl (C=O) groups excluding carboxylic acids is 6. The Kier molecular flexibility index (Phi) is 12.3. The number of nitrogens with one attached hydrogen (secondary N) is 2. The zero-order valence-electron chi connectivity index (χ0n) is 37.4. The van der Waals surface area contributed by atoms with Gasteiger partial charge in [-0.15, -0.1) is 0 Å². The number of rotatable bonds is 16. The number of anilines is 2. The molecule has 3 N–H and O–H groups in total. The predicted molar refractivity (Wildman–Crippen MR) is 254 cm³/mol. The fourth-order valence-electron chi connectivity index (χ4n) is 8.24. The average molecular weight is 951 g/mol. The molecule has 71 heavy (non-hydrogen) atoms. The first-order valence-electron chi connectivity index (χ1n) is 21.9. The maximum absolute atomic E-state index is 14.0. The monoisotopic (exact) mass is 950 g/mol. The summed E-state index contributed by atoms with van der Waals surface area (Å²) in [5, 5.41) is 31.9. The van der Waals surface area contributed by atoms with E-state index in [-0.39, 0.29) is 64.6 Å². The number of benzene rings is 6. The maximum Gasteiger partial charge on any atom is 0.340 e. The van der Waals surface area contributed by atoms with Crippen molar-refractivity contribution in [2.75, 3.05) is 43.3 Å². The van der Waals surface area contributed by atoms with Crippen LogP contribution in [0.4, 0.5) is 11.4 Å². The lowest BCUT2D eigenvalue weighted by molar-refractivity contribution is 0.0131. The molecule has 0 saturated heterocycles. The Bertz CT molecular complexity index is 3400. The molecule has 19 nitrogen and oxygen atoms in total. The number of carbonyl (C=O) groups is 6. The number of aromatic nitrogens is 6. The lowest BCUT2D eigenvalue weighted by Gasteiger charge is -2.20. The van der Waals surface area contributed by atoms with E-state index in [1.807, 2.05) is 30.3 Å². The molecule has 10 rings (SSSR count). The second-order valence-electron chi connectivity index (χ2n) is 16.2. The van der Waals surface area contributed by atoms with Crippen LogP contribution in [0.15, 0.2) is 140 Å². The Balaban J connectivity index is 0.857. The summed E-state index contributed by atoms with van der Waals surface area (Å²) in [6.45, 7) is -0.799. The van der Waals surface area contributed by atoms with Gasteiger partial charge in [0.25, 0.3) is 23.6 Å². The summed E-state index contributed by atoms with van der Waals surface area (Å²) < 4.78 is 21.9. The zero-order valence-corrected chi connectivity index (χ0v) is 37.4. The SMILES string of the molecule is COCCOC(=O)c1ccc(-c2cccc(OCC(O)COC(=O)c3ccc(-c4ccccc4)cc3N3C(=O)c4ccc(-c5cn[nH]n5)cc4C3=O)c2)cc1N1C(=O)c2ccc(-c3cn[nH]n3)cc2C1=O. The van der Waals surface area contributed by atoms with Crippen LogP contribution in [0.3, 0.4) is 0 Å². The second-order valence-corrected chi connectivity index (χ2v) is 16.2. The minimum absolute atomic E-state index is 0.00708. The highest BCUT2D eigenvalue weighted by Gasteiger charge is 2.41. The number of amides is 4. The van der Waals surface area contributed by atoms with E-state index in [9.17, 15) is 33.9 Å². The molecule has 8 aromatic rings. The Labute approximate surface area is 402 Å². The van der Waals surface area contributed by atoms with E-state index < -0.39 is 48.3 Å². The van der Waals surface area contributed by atoms with Gasteiger partial charge in [0.2, 0.25) is 0 Å². The van der Waals surface area contributed by atoms with Gasteiger partial charge in [0.1, 0.15) is 43.1 Å². The molecular weight excluding hydrogens is 913 g/mol. The van der Waals surface area contributed by atoms with E-state index in [1.54, 1.807) is 66.7 Å². The molecule has 0 fully saturated rings. The number of methoxy groups -OCH3 is 1. The van der Waals surface area contributed by atoms with Gasteiger partial charge < -0.3 is 24.1 Å². The van der Waals surface area contributed by atoms with Gasteiger partial charge in [-0.3, -0.25) is 19.2 Å². The zero-order chi connectivity index (χ0) is 49.2. The summed E-state index contributed by atoms with van der Waals surface area (Å²) in [5.41, 5.74) is 4.85. The smallest absolute Gasteiger partial charge is 0.340 e. The summed E-state index contributed by atoms with van der Waals surface area (Å²) in [6, 6.07) is 34.7. The topological polar surface area (TPSA) is 249 Å². The van der Waals surface area contributed by atoms with Crippen molar-refractivity contribution < 1.29 is 52.8 Å². The quantitative estimate of drug-likeness (QED) is 0.0525. The van der Waals surface area contributed by atoms with Crippen molar-refractivity contribution in [3.05, 3.63) is 173 Å². The lowest BCUT2D eigenvalue weighted by atomic mass is 10.0. The molecule has 1 unspecified atom stereocenters. The first-order valence-corrected chi connectivity index (χ1v) is 21.9. The molecule has 1 atom stereocenters. The molecule has 0 radical (unpaired) electrons. The van der Waals surface area contributed by atoms with Crippen molar-refractivity contribution in [1.82, 2.24) is 30.8 Å². The van der Waals surface area contributed by atoms with Crippen LogP contribution < -0.4 is 14.5 Å². The van der Waals surface area contributed by atoms with Gasteiger partial charge in [0.05, 0.1) is 63.8 Å². The number of imide groups is 2. The van der Waals surface area contributed by atoms with Crippen LogP contribution in [0, 0.1) is 0 Å². The molecule has 0 aliphatic carbocycles. The van der Waals surface area contributed by atoms with Crippen LogP contribution in [-0.2, 0) is 14.2 Å². The molecule has 0 bridgehead atoms. The lowest BCUT2D eigenvalue weighted by Crippen LogP contribution is -2.32. The Hall–Kier alpha value is -9.46. The summed E-state index contributed by atoms with van der Waals surface area (Å²) in [4.78, 5) is 85.0. The molecule has 19 heteroatoms. The molecular formula is C52H38N8O11. The van der Waals surface area contributed by atoms with Crippen LogP contribution in [0.25, 0.3) is 44.8 Å². The van der Waals surface area contributed by atoms with Crippen LogP contribution in [0.5, 0.6) is 5.75 Å². The van der Waals surface area contributed by atoms with Crippen LogP contribution >= 0.6 is 0 Å². The van der Waals surface area contributed by atoms with Gasteiger partial charge in [-0.2, -0.15) is 30.8 Å². The van der Waals surface area contributed by atoms with Gasteiger partial charge in [-0.1, -0.05) is 66.7 Å². The standard InChI is InChI=1S/C52H38N8O11/c1-68-18-19-69-51(66)39-17-11-32(24-46(39)60-48(63)38-15-13-34(22-42(38)50(60)65)44-26-54-58-56-44)30-8-5-9-36(20-30)70-27-35(61)28-71-52(67)40-16-10-31(29-6-3-2-4-7-29)23-45(40)59-47(62)37-14-12-33(21-41(37)49(59)64)43-25-53-57-55-43/h2-17,20-26,35,61H,18-19,27-28H2,1H3,(H,53,55,57)(H,54,56,58). The minimum Gasteiger partial charge on any atom is -0.491 e. The number of esters is 2. The van der Waals surface area contributed by atoms with E-state index in [1.165, 1.54) is 49.8 Å². The first kappa shape index (κ1) is 45.3. The predicted octanol–water partition coefficient (Wildman–Crippen LogP) is 6.59. The second kappa shape index (κ2) is 19.3. The number of hydrogen-bond donors (Lipinski definition) is 3. The maximum atomic E-state index is 14.0. The first-order chi connectivity index (χ1) is 34.6. The van der Waals surface area contributed by atoms with Crippen molar-refractivity contribution >= 4 is 46.9 Å². The Morgan fingerprint density at radius 3 is 1.59 bits per heavy atom. The number of aliphatic hydroxyl groups is 1. The summed E-state index contributed by atoms with van der Waals surface area (Å²) in [7, 11) is 1.46. The van der Waals surface area contributed by atoms with Gasteiger partial charge in [-0.25, -0.2) is 19.4 Å². The Morgan fingerprint density at radius 1 is 0.535 bits per heavy atom. The minimum atomic E-state index is -1.34. The summed E-state index contributed by atoms with van der Waals surface area (Å²) in [6.07, 6.45) is 1.63. The molecule has 4 heterocycles. The van der Waals surface area contributed by atoms with Crippen molar-refractivity contribution in [1.29, 1.82) is 0 Å². The third kappa shape index (κ3) is 8.80. The average Bonchev–Trinajstić information content (AvgIpc) is 4.23. The highest BCUT2D eigenvalue weighted by atomic mass is 16.6. The molecule has 2 aliphatic rings. The van der Waals surface area contributed by atoms with E-state index >= 15 is 0 Å². The number of hydrogen-bond acceptors (Lipinski definition) is 15. The highest BCUT2D eigenvalue weighted by molar-refractivity contribution is 6.36. The van der Waals surface area contributed by atoms with Crippen molar-refractivity contribution in [3.8, 4) is 50.5 Å². The third-order valence-electron chi connectivity index (χ3n) is 11.8. The number of nitrogens with zero attached hydrogens (tertiary/aromatic N) is 6. The molecule has 6 aromatic carbocycles. The van der Waals surface area contributed by atoms with Crippen molar-refractivity contribution in [2.45, 2.75) is 6.10 Å². The highest BCUT2D eigenvalue weighted by Crippen LogP contribution is 2.38. The van der Waals surface area contributed by atoms with E-state index in [0.29, 0.717) is 45.0 Å². The molecule has 352 valence electrons. The largest absolute Gasteiger partial charge is 0.491 e. The van der Waals surface area contributed by atoms with Crippen LogP contribution in [0.1, 0.15) is 62.1 Å². The molecule has 2 aromatic heterocycles. The van der Waals surface area contributed by atoms with Crippen molar-refractivity contribution in [3.63, 3.8) is 0 Å². The fraction of sp³-hybridized carbons (Fsp3) is 0.115. The van der Waals surface area contributed by atoms with Gasteiger partial charge in [0.15, 0.2) is 0 Å². The van der Waals surface area contributed by atoms with Crippen LogP contribution in [0.2, 0.25) is 0 Å². The van der Waals surface area contributed by atoms with E-state index in [4.69, 9.17) is 18.9 Å². The number of ether oxygens (including phenoxy) is 4. The van der Waals surface area contributed by atoms with E-state index in [0.717, 1.165) is 15.4 Å². The molecule has 0 saturated carbocycles. The number of fused-ring (bicyclic) bond motifs is 2. The van der Waals surface area contributed by atoms with Crippen LogP contribution in [-0.4, -0.2) is 111 Å². The number of H-pyrrole nitrogens is 2. The third-order valence-corrected chi connectivity index (χ3v) is 11.8. The van der Waals surface area contributed by atoms with Gasteiger partial charge in [0, 0.05) is 18.2 Å². The van der Waals surface area contributed by atoms with Gasteiger partial charge >= 0.3 is 11.9 Å². The van der Waals surface area contributed by atoms with E-state index in [2.05, 4.69) is 30.8 Å². The molecule has 4 amide bonds. The number of aliphatic hydroxyl groups excluding tert-OH is 1. The fourth-order valence-corrected chi connectivity index (χ4v) is 8.24. The summed E-state index contributed by atoms with van der Waals surface area (Å²) in [5.74, 6) is -3.98. The molecule has 2 aliphatic heterocycles. The summed E-state index contributed by atoms with van der Waals surface area (Å²) >= 11 is 0. The van der Waals surface area contributed by atoms with Crippen molar-refractivity contribution in [2.24, 2.45) is 0 Å². The Morgan fingerprint density at radius 2 is 1.04 bits per heavy atom.